The van der Waals surface area contributed by atoms with E-state index in [0.717, 1.165) is 0 Å². The molecule has 0 saturated heterocycles. The quantitative estimate of drug-likeness (QED) is 0.261. The third-order valence-corrected chi connectivity index (χ3v) is 4.38. The highest BCUT2D eigenvalue weighted by Gasteiger charge is 2.32. The molecule has 1 amide bonds. The summed E-state index contributed by atoms with van der Waals surface area (Å²) in [6.07, 6.45) is -0.646. The Labute approximate surface area is 163 Å². The molecule has 0 fully saturated rings. The fourth-order valence-electron chi connectivity index (χ4n) is 1.88. The molecule has 0 heterocycles. The van der Waals surface area contributed by atoms with Crippen molar-refractivity contribution in [1.82, 2.24) is 5.32 Å². The van der Waals surface area contributed by atoms with Crippen LogP contribution in [-0.4, -0.2) is 19.1 Å². The molecule has 0 aliphatic rings. The van der Waals surface area contributed by atoms with Gasteiger partial charge in [0.1, 0.15) is 6.17 Å². The van der Waals surface area contributed by atoms with Crippen LogP contribution < -0.4 is 10.6 Å². The van der Waals surface area contributed by atoms with E-state index in [9.17, 15) is 14.9 Å². The highest BCUT2D eigenvalue weighted by atomic mass is 80.0. The van der Waals surface area contributed by atoms with E-state index >= 15 is 0 Å². The van der Waals surface area contributed by atoms with Crippen molar-refractivity contribution in [3.8, 4) is 0 Å². The van der Waals surface area contributed by atoms with E-state index < -0.39 is 13.2 Å². The molecule has 1 atom stereocenters. The van der Waals surface area contributed by atoms with Gasteiger partial charge in [-0.15, -0.1) is 0 Å². The van der Waals surface area contributed by atoms with E-state index in [4.69, 9.17) is 0 Å². The number of carbonyl (C=O) groups is 1. The van der Waals surface area contributed by atoms with Crippen molar-refractivity contribution in [2.24, 2.45) is 0 Å². The minimum absolute atomic E-state index is 0.0440. The SMILES string of the molecule is O=C(N[C@@H](Nc1cccc([N+](=O)[O-])c1)C(Br)(Br)Br)c1ccccc1. The first kappa shape index (κ1) is 18.9. The Morgan fingerprint density at radius 1 is 1.08 bits per heavy atom. The minimum Gasteiger partial charge on any atom is -0.363 e. The maximum atomic E-state index is 12.3. The van der Waals surface area contributed by atoms with Gasteiger partial charge in [0.25, 0.3) is 11.6 Å². The van der Waals surface area contributed by atoms with E-state index in [1.165, 1.54) is 12.1 Å². The van der Waals surface area contributed by atoms with Crippen molar-refractivity contribution in [3.63, 3.8) is 0 Å². The van der Waals surface area contributed by atoms with E-state index in [0.29, 0.717) is 11.3 Å². The Kier molecular flexibility index (Phi) is 6.36. The van der Waals surface area contributed by atoms with Crippen molar-refractivity contribution in [2.45, 2.75) is 8.31 Å². The maximum Gasteiger partial charge on any atom is 0.271 e. The van der Waals surface area contributed by atoms with Gasteiger partial charge in [-0.1, -0.05) is 72.1 Å². The fourth-order valence-corrected chi connectivity index (χ4v) is 2.57. The number of nitro benzene ring substituents is 1. The van der Waals surface area contributed by atoms with E-state index in [1.807, 2.05) is 6.07 Å². The standard InChI is InChI=1S/C15H12Br3N3O3/c16-15(17,18)14(20-13(22)10-5-2-1-3-6-10)19-11-7-4-8-12(9-11)21(23)24/h1-9,14,19H,(H,20,22)/t14-/m1/s1. The number of nitrogens with zero attached hydrogens (tertiary/aromatic N) is 1. The van der Waals surface area contributed by atoms with Gasteiger partial charge in [0.05, 0.1) is 4.92 Å². The molecule has 2 rings (SSSR count). The van der Waals surface area contributed by atoms with Crippen LogP contribution in [0.25, 0.3) is 0 Å². The molecule has 24 heavy (non-hydrogen) atoms. The Bertz CT molecular complexity index is 735. The summed E-state index contributed by atoms with van der Waals surface area (Å²) in [6.45, 7) is 0. The summed E-state index contributed by atoms with van der Waals surface area (Å²) in [5.74, 6) is -0.291. The zero-order valence-electron chi connectivity index (χ0n) is 12.1. The molecular formula is C15H12Br3N3O3. The van der Waals surface area contributed by atoms with Crippen molar-refractivity contribution in [1.29, 1.82) is 0 Å². The number of hydrogen-bond donors (Lipinski definition) is 2. The van der Waals surface area contributed by atoms with Gasteiger partial charge in [-0.3, -0.25) is 14.9 Å². The summed E-state index contributed by atoms with van der Waals surface area (Å²) < 4.78 is -0.859. The van der Waals surface area contributed by atoms with Crippen molar-refractivity contribution >= 4 is 65.1 Å². The number of amides is 1. The summed E-state index contributed by atoms with van der Waals surface area (Å²) in [7, 11) is 0. The molecule has 2 aromatic rings. The van der Waals surface area contributed by atoms with Gasteiger partial charge in [0.2, 0.25) is 0 Å². The lowest BCUT2D eigenvalue weighted by molar-refractivity contribution is -0.384. The van der Waals surface area contributed by atoms with Crippen molar-refractivity contribution in [2.75, 3.05) is 5.32 Å². The predicted octanol–water partition coefficient (Wildman–Crippen LogP) is 4.60. The number of nitrogens with one attached hydrogen (secondary N) is 2. The van der Waals surface area contributed by atoms with Crippen LogP contribution in [0.3, 0.4) is 0 Å². The molecular weight excluding hydrogens is 510 g/mol. The van der Waals surface area contributed by atoms with Crippen LogP contribution in [-0.2, 0) is 0 Å². The number of alkyl halides is 3. The minimum atomic E-state index is -0.859. The molecule has 0 radical (unpaired) electrons. The number of hydrogen-bond acceptors (Lipinski definition) is 4. The normalized spacial score (nSPS) is 12.3. The predicted molar refractivity (Wildman–Crippen MR) is 104 cm³/mol. The largest absolute Gasteiger partial charge is 0.363 e. The van der Waals surface area contributed by atoms with E-state index in [2.05, 4.69) is 58.4 Å². The lowest BCUT2D eigenvalue weighted by Gasteiger charge is -2.28. The second kappa shape index (κ2) is 8.09. The van der Waals surface area contributed by atoms with Crippen LogP contribution in [0, 0.1) is 10.1 Å². The molecule has 0 spiro atoms. The first-order valence-electron chi connectivity index (χ1n) is 6.71. The lowest BCUT2D eigenvalue weighted by atomic mass is 10.2. The van der Waals surface area contributed by atoms with Crippen LogP contribution in [0.15, 0.2) is 54.6 Å². The number of rotatable bonds is 5. The molecule has 126 valence electrons. The molecule has 0 aromatic heterocycles. The second-order valence-corrected chi connectivity index (χ2v) is 11.7. The third-order valence-electron chi connectivity index (χ3n) is 3.01. The van der Waals surface area contributed by atoms with Crippen LogP contribution in [0.5, 0.6) is 0 Å². The molecule has 0 saturated carbocycles. The van der Waals surface area contributed by atoms with Gasteiger partial charge in [-0.2, -0.15) is 0 Å². The number of nitro groups is 1. The molecule has 2 N–H and O–H groups in total. The highest BCUT2D eigenvalue weighted by Crippen LogP contribution is 2.37. The Morgan fingerprint density at radius 2 is 1.75 bits per heavy atom. The smallest absolute Gasteiger partial charge is 0.271 e. The van der Waals surface area contributed by atoms with Crippen LogP contribution >= 0.6 is 47.8 Å². The topological polar surface area (TPSA) is 84.3 Å². The number of non-ortho nitro benzene ring substituents is 1. The van der Waals surface area contributed by atoms with E-state index in [1.54, 1.807) is 36.4 Å². The molecule has 6 nitrogen and oxygen atoms in total. The van der Waals surface area contributed by atoms with E-state index in [-0.39, 0.29) is 11.6 Å². The molecule has 0 aliphatic carbocycles. The number of anilines is 1. The average Bonchev–Trinajstić information content (AvgIpc) is 2.54. The summed E-state index contributed by atoms with van der Waals surface area (Å²) >= 11 is 10.1. The number of benzene rings is 2. The molecule has 0 aliphatic heterocycles. The highest BCUT2D eigenvalue weighted by molar-refractivity contribution is 9.39. The van der Waals surface area contributed by atoms with Gasteiger partial charge in [-0.05, 0) is 18.2 Å². The van der Waals surface area contributed by atoms with Crippen LogP contribution in [0.4, 0.5) is 11.4 Å². The monoisotopic (exact) mass is 519 g/mol. The maximum absolute atomic E-state index is 12.3. The summed E-state index contributed by atoms with van der Waals surface area (Å²) in [5.41, 5.74) is 0.947. The molecule has 2 aromatic carbocycles. The summed E-state index contributed by atoms with van der Waals surface area (Å²) in [5, 5.41) is 16.7. The van der Waals surface area contributed by atoms with Gasteiger partial charge in [-0.25, -0.2) is 0 Å². The Morgan fingerprint density at radius 3 is 2.33 bits per heavy atom. The van der Waals surface area contributed by atoms with Crippen LogP contribution in [0.1, 0.15) is 10.4 Å². The molecule has 0 unspecified atom stereocenters. The van der Waals surface area contributed by atoms with Gasteiger partial charge >= 0.3 is 0 Å². The first-order valence-corrected chi connectivity index (χ1v) is 9.09. The first-order chi connectivity index (χ1) is 11.3. The van der Waals surface area contributed by atoms with Gasteiger partial charge in [0.15, 0.2) is 2.14 Å². The number of halogens is 3. The van der Waals surface area contributed by atoms with Crippen molar-refractivity contribution in [3.05, 3.63) is 70.3 Å². The average molecular weight is 522 g/mol. The Hall–Kier alpha value is -1.45. The zero-order chi connectivity index (χ0) is 17.7. The summed E-state index contributed by atoms with van der Waals surface area (Å²) in [6, 6.07) is 14.8. The second-order valence-electron chi connectivity index (χ2n) is 4.77. The summed E-state index contributed by atoms with van der Waals surface area (Å²) in [4.78, 5) is 22.7. The van der Waals surface area contributed by atoms with Gasteiger partial charge in [0, 0.05) is 23.4 Å². The molecule has 9 heteroatoms. The van der Waals surface area contributed by atoms with Gasteiger partial charge < -0.3 is 10.6 Å². The fraction of sp³-hybridized carbons (Fsp3) is 0.133. The Balaban J connectivity index is 2.19. The zero-order valence-corrected chi connectivity index (χ0v) is 16.8. The third kappa shape index (κ3) is 5.29. The number of carbonyl (C=O) groups excluding carboxylic acids is 1. The van der Waals surface area contributed by atoms with Crippen molar-refractivity contribution < 1.29 is 9.72 Å². The van der Waals surface area contributed by atoms with Crippen LogP contribution in [0.2, 0.25) is 0 Å². The molecule has 0 bridgehead atoms. The lowest BCUT2D eigenvalue weighted by Crippen LogP contribution is -2.48.